The summed E-state index contributed by atoms with van der Waals surface area (Å²) in [5, 5.41) is 13.4. The maximum Gasteiger partial charge on any atom is 0.230 e. The zero-order valence-corrected chi connectivity index (χ0v) is 5.99. The van der Waals surface area contributed by atoms with Gasteiger partial charge in [-0.05, 0) is 0 Å². The van der Waals surface area contributed by atoms with Crippen molar-refractivity contribution in [1.29, 1.82) is 0 Å². The van der Waals surface area contributed by atoms with Crippen LogP contribution in [0, 0.1) is 9.81 Å². The number of benzene rings is 1. The molecule has 0 radical (unpaired) electrons. The highest BCUT2D eigenvalue weighted by Gasteiger charge is 2.33. The Bertz CT molecular complexity index is 279. The number of quaternary nitrogens is 1. The molecule has 0 amide bonds. The Balaban J connectivity index is 3.11. The summed E-state index contributed by atoms with van der Waals surface area (Å²) in [6.45, 7) is 0. The van der Waals surface area contributed by atoms with Crippen molar-refractivity contribution < 1.29 is 5.21 Å². The maximum absolute atomic E-state index is 10.0. The Hall–Kier alpha value is -1.66. The van der Waals surface area contributed by atoms with Gasteiger partial charge < -0.3 is 0 Å². The highest BCUT2D eigenvalue weighted by Crippen LogP contribution is 2.20. The molecule has 0 aliphatic carbocycles. The van der Waals surface area contributed by atoms with Gasteiger partial charge in [-0.3, -0.25) is 0 Å². The Kier molecular flexibility index (Phi) is 2.22. The molecule has 0 unspecified atom stereocenters. The van der Waals surface area contributed by atoms with E-state index >= 15 is 0 Å². The summed E-state index contributed by atoms with van der Waals surface area (Å²) in [4.78, 5) is 18.2. The van der Waals surface area contributed by atoms with Crippen molar-refractivity contribution in [3.63, 3.8) is 0 Å². The first-order chi connectivity index (χ1) is 5.73. The molecule has 0 aliphatic heterocycles. The molecular weight excluding hydrogens is 162 g/mol. The third-order valence-electron chi connectivity index (χ3n) is 1.33. The van der Waals surface area contributed by atoms with Crippen LogP contribution in [0.25, 0.3) is 0 Å². The van der Waals surface area contributed by atoms with Gasteiger partial charge in [0.25, 0.3) is 0 Å². The summed E-state index contributed by atoms with van der Waals surface area (Å²) < 4.78 is 0. The molecule has 0 saturated heterocycles. The highest BCUT2D eigenvalue weighted by molar-refractivity contribution is 5.38. The topological polar surface area (TPSA) is 79.1 Å². The largest absolute Gasteiger partial charge is 0.230 e. The molecular formula is C6H6N3O3+. The van der Waals surface area contributed by atoms with Gasteiger partial charge in [-0.25, -0.2) is 0 Å². The van der Waals surface area contributed by atoms with Crippen LogP contribution in [-0.2, 0) is 0 Å². The fourth-order valence-electron chi connectivity index (χ4n) is 0.737. The molecule has 0 aliphatic rings. The summed E-state index contributed by atoms with van der Waals surface area (Å²) in [7, 11) is 0. The summed E-state index contributed by atoms with van der Waals surface area (Å²) in [6.07, 6.45) is 0. The highest BCUT2D eigenvalue weighted by atomic mass is 16.7. The molecule has 1 N–H and O–H groups in total. The van der Waals surface area contributed by atoms with Gasteiger partial charge in [-0.2, -0.15) is 0 Å². The van der Waals surface area contributed by atoms with Crippen LogP contribution in [0.2, 0.25) is 0 Å². The lowest BCUT2D eigenvalue weighted by atomic mass is 10.3. The van der Waals surface area contributed by atoms with Crippen LogP contribution < -0.4 is 4.86 Å². The number of nitrogens with zero attached hydrogens (tertiary/aromatic N) is 3. The SMILES string of the molecule is O=N[N+](O)(N=O)c1ccccc1. The van der Waals surface area contributed by atoms with E-state index in [0.29, 0.717) is 0 Å². The molecule has 1 rings (SSSR count). The molecule has 0 bridgehead atoms. The van der Waals surface area contributed by atoms with E-state index in [1.807, 2.05) is 0 Å². The standard InChI is InChI=1S/C6H6N3O3/c10-7-9(12,8-11)6-4-2-1-3-5-6/h1-5,12H/q+1. The van der Waals surface area contributed by atoms with E-state index in [9.17, 15) is 9.81 Å². The molecule has 1 aromatic rings. The predicted molar refractivity (Wildman–Crippen MR) is 41.6 cm³/mol. The second-order valence-corrected chi connectivity index (χ2v) is 2.07. The van der Waals surface area contributed by atoms with E-state index in [0.717, 1.165) is 0 Å². The summed E-state index contributed by atoms with van der Waals surface area (Å²) in [5.74, 6) is 0. The molecule has 6 heteroatoms. The molecule has 6 nitrogen and oxygen atoms in total. The molecule has 0 fully saturated rings. The molecule has 0 aromatic heterocycles. The lowest BCUT2D eigenvalue weighted by molar-refractivity contribution is -0.0815. The lowest BCUT2D eigenvalue weighted by Crippen LogP contribution is -2.31. The van der Waals surface area contributed by atoms with Crippen LogP contribution in [-0.4, -0.2) is 5.21 Å². The zero-order chi connectivity index (χ0) is 9.03. The van der Waals surface area contributed by atoms with Crippen LogP contribution in [0.15, 0.2) is 40.9 Å². The van der Waals surface area contributed by atoms with Gasteiger partial charge in [0.05, 0.1) is 0 Å². The van der Waals surface area contributed by atoms with Gasteiger partial charge in [-0.15, -0.1) is 5.21 Å². The van der Waals surface area contributed by atoms with Crippen molar-refractivity contribution in [3.8, 4) is 0 Å². The molecule has 0 saturated carbocycles. The van der Waals surface area contributed by atoms with E-state index in [1.54, 1.807) is 18.2 Å². The predicted octanol–water partition coefficient (Wildman–Crippen LogP) is 1.75. The second kappa shape index (κ2) is 3.16. The van der Waals surface area contributed by atoms with Crippen molar-refractivity contribution >= 4 is 5.69 Å². The smallest absolute Gasteiger partial charge is 0.148 e. The molecule has 62 valence electrons. The van der Waals surface area contributed by atoms with Crippen LogP contribution in [0.5, 0.6) is 0 Å². The molecule has 0 spiro atoms. The van der Waals surface area contributed by atoms with Gasteiger partial charge >= 0.3 is 0 Å². The first-order valence-electron chi connectivity index (χ1n) is 3.10. The Labute approximate surface area is 67.5 Å². The minimum Gasteiger partial charge on any atom is -0.148 e. The summed E-state index contributed by atoms with van der Waals surface area (Å²) >= 11 is 0. The van der Waals surface area contributed by atoms with E-state index < -0.39 is 4.86 Å². The van der Waals surface area contributed by atoms with Gasteiger partial charge in [-0.1, -0.05) is 28.0 Å². The normalized spacial score (nSPS) is 10.8. The minimum atomic E-state index is -1.83. The third kappa shape index (κ3) is 1.34. The quantitative estimate of drug-likeness (QED) is 0.424. The Morgan fingerprint density at radius 2 is 1.58 bits per heavy atom. The monoisotopic (exact) mass is 168 g/mol. The molecule has 0 heterocycles. The van der Waals surface area contributed by atoms with Crippen molar-refractivity contribution in [2.75, 3.05) is 0 Å². The average Bonchev–Trinajstić information content (AvgIpc) is 2.18. The van der Waals surface area contributed by atoms with Crippen LogP contribution in [0.3, 0.4) is 0 Å². The Morgan fingerprint density at radius 3 is 2.00 bits per heavy atom. The minimum absolute atomic E-state index is 0.00231. The number of nitroso groups, excluding NO2 is 2. The second-order valence-electron chi connectivity index (χ2n) is 2.07. The van der Waals surface area contributed by atoms with E-state index in [1.165, 1.54) is 12.1 Å². The van der Waals surface area contributed by atoms with Crippen LogP contribution in [0.1, 0.15) is 0 Å². The van der Waals surface area contributed by atoms with E-state index in [4.69, 9.17) is 5.21 Å². The van der Waals surface area contributed by atoms with Crippen molar-refractivity contribution in [2.24, 2.45) is 10.6 Å². The number of hydrogen-bond donors (Lipinski definition) is 1. The van der Waals surface area contributed by atoms with E-state index in [2.05, 4.69) is 10.6 Å². The average molecular weight is 168 g/mol. The van der Waals surface area contributed by atoms with Gasteiger partial charge in [0.1, 0.15) is 0 Å². The lowest BCUT2D eigenvalue weighted by Gasteiger charge is -2.05. The third-order valence-corrected chi connectivity index (χ3v) is 1.33. The first-order valence-corrected chi connectivity index (χ1v) is 3.10. The zero-order valence-electron chi connectivity index (χ0n) is 5.99. The summed E-state index contributed by atoms with van der Waals surface area (Å²) in [6, 6.07) is 7.50. The van der Waals surface area contributed by atoms with Gasteiger partial charge in [0, 0.05) is 12.1 Å². The fraction of sp³-hybridized carbons (Fsp3) is 0. The number of hydrogen-bond acceptors (Lipinski definition) is 5. The van der Waals surface area contributed by atoms with E-state index in [-0.39, 0.29) is 5.69 Å². The molecule has 12 heavy (non-hydrogen) atoms. The van der Waals surface area contributed by atoms with Gasteiger partial charge in [0.2, 0.25) is 16.3 Å². The van der Waals surface area contributed by atoms with Crippen LogP contribution >= 0.6 is 0 Å². The molecule has 0 atom stereocenters. The maximum atomic E-state index is 10.0. The number of para-hydroxylation sites is 1. The first kappa shape index (κ1) is 8.44. The summed E-state index contributed by atoms with van der Waals surface area (Å²) in [5.41, 5.74) is 0.00231. The van der Waals surface area contributed by atoms with Crippen molar-refractivity contribution in [1.82, 2.24) is 4.86 Å². The van der Waals surface area contributed by atoms with Crippen LogP contribution in [0.4, 0.5) is 5.69 Å². The molecule has 1 aromatic carbocycles. The van der Waals surface area contributed by atoms with Crippen molar-refractivity contribution in [2.45, 2.75) is 0 Å². The Morgan fingerprint density at radius 1 is 1.08 bits per heavy atom. The van der Waals surface area contributed by atoms with Gasteiger partial charge in [0.15, 0.2) is 4.86 Å². The number of rotatable bonds is 3. The fourth-order valence-corrected chi connectivity index (χ4v) is 0.737. The van der Waals surface area contributed by atoms with Crippen molar-refractivity contribution in [3.05, 3.63) is 40.1 Å².